The number of carboxylic acids is 1. The maximum atomic E-state index is 13.9. The molecule has 2 rings (SSSR count). The van der Waals surface area contributed by atoms with E-state index in [1.165, 1.54) is 6.92 Å². The lowest BCUT2D eigenvalue weighted by Crippen LogP contribution is -2.20. The van der Waals surface area contributed by atoms with Gasteiger partial charge in [0.25, 0.3) is 11.2 Å². The van der Waals surface area contributed by atoms with E-state index in [1.807, 2.05) is 0 Å². The van der Waals surface area contributed by atoms with Crippen LogP contribution in [0.4, 0.5) is 10.1 Å². The Morgan fingerprint density at radius 1 is 1.52 bits per heavy atom. The third-order valence-corrected chi connectivity index (χ3v) is 2.90. The van der Waals surface area contributed by atoms with Crippen LogP contribution in [0.25, 0.3) is 5.69 Å². The van der Waals surface area contributed by atoms with E-state index in [-0.39, 0.29) is 11.3 Å². The maximum Gasteiger partial charge on any atom is 0.308 e. The van der Waals surface area contributed by atoms with Crippen LogP contribution < -0.4 is 5.56 Å². The number of non-ortho nitro benzene ring substituents is 1. The molecule has 9 heteroatoms. The van der Waals surface area contributed by atoms with Gasteiger partial charge in [0, 0.05) is 11.8 Å². The summed E-state index contributed by atoms with van der Waals surface area (Å²) in [6, 6.07) is 2.82. The zero-order valence-electron chi connectivity index (χ0n) is 10.8. The van der Waals surface area contributed by atoms with Crippen LogP contribution in [0.3, 0.4) is 0 Å². The summed E-state index contributed by atoms with van der Waals surface area (Å²) in [6.07, 6.45) is -0.497. The number of aromatic nitrogens is 2. The lowest BCUT2D eigenvalue weighted by atomic mass is 10.2. The summed E-state index contributed by atoms with van der Waals surface area (Å²) in [4.78, 5) is 32.5. The highest BCUT2D eigenvalue weighted by molar-refractivity contribution is 5.70. The van der Waals surface area contributed by atoms with E-state index >= 15 is 0 Å². The van der Waals surface area contributed by atoms with Crippen molar-refractivity contribution >= 4 is 11.7 Å². The Balaban J connectivity index is 2.55. The molecule has 0 aliphatic carbocycles. The fourth-order valence-electron chi connectivity index (χ4n) is 1.90. The number of H-pyrrole nitrogens is 1. The number of halogens is 1. The van der Waals surface area contributed by atoms with E-state index in [1.54, 1.807) is 0 Å². The predicted octanol–water partition coefficient (Wildman–Crippen LogP) is 1.15. The molecule has 0 unspecified atom stereocenters. The molecular weight excluding hydrogens is 285 g/mol. The zero-order valence-corrected chi connectivity index (χ0v) is 10.8. The summed E-state index contributed by atoms with van der Waals surface area (Å²) in [5, 5.41) is 21.8. The number of nitro groups is 1. The van der Waals surface area contributed by atoms with Gasteiger partial charge in [0.1, 0.15) is 5.69 Å². The van der Waals surface area contributed by atoms with Gasteiger partial charge in [-0.3, -0.25) is 24.8 Å². The van der Waals surface area contributed by atoms with Gasteiger partial charge in [-0.15, -0.1) is 0 Å². The lowest BCUT2D eigenvalue weighted by Gasteiger charge is -2.03. The number of carboxylic acid groups (broad SMARTS) is 1. The molecule has 8 nitrogen and oxygen atoms in total. The first kappa shape index (κ1) is 14.4. The van der Waals surface area contributed by atoms with Crippen molar-refractivity contribution in [3.63, 3.8) is 0 Å². The van der Waals surface area contributed by atoms with Crippen LogP contribution in [0.5, 0.6) is 0 Å². The Morgan fingerprint density at radius 3 is 2.71 bits per heavy atom. The van der Waals surface area contributed by atoms with Crippen molar-refractivity contribution in [2.45, 2.75) is 13.3 Å². The molecule has 0 aliphatic rings. The second-order valence-electron chi connectivity index (χ2n) is 4.32. The normalized spacial score (nSPS) is 10.6. The van der Waals surface area contributed by atoms with Crippen LogP contribution >= 0.6 is 0 Å². The summed E-state index contributed by atoms with van der Waals surface area (Å²) in [7, 11) is 0. The van der Waals surface area contributed by atoms with Crippen LogP contribution in [0, 0.1) is 22.9 Å². The van der Waals surface area contributed by atoms with Crippen LogP contribution in [0.2, 0.25) is 0 Å². The minimum Gasteiger partial charge on any atom is -0.481 e. The van der Waals surface area contributed by atoms with Gasteiger partial charge in [-0.2, -0.15) is 0 Å². The molecule has 0 amide bonds. The van der Waals surface area contributed by atoms with Crippen LogP contribution in [0.1, 0.15) is 11.3 Å². The Hall–Kier alpha value is -2.97. The molecule has 21 heavy (non-hydrogen) atoms. The van der Waals surface area contributed by atoms with Crippen LogP contribution in [0.15, 0.2) is 23.0 Å². The second kappa shape index (κ2) is 5.19. The van der Waals surface area contributed by atoms with Gasteiger partial charge < -0.3 is 5.11 Å². The first-order chi connectivity index (χ1) is 9.81. The number of nitrogens with one attached hydrogen (secondary N) is 1. The Morgan fingerprint density at radius 2 is 2.19 bits per heavy atom. The molecule has 0 saturated heterocycles. The van der Waals surface area contributed by atoms with Crippen molar-refractivity contribution in [1.82, 2.24) is 9.78 Å². The summed E-state index contributed by atoms with van der Waals surface area (Å²) in [5.41, 5.74) is -1.08. The van der Waals surface area contributed by atoms with Crippen molar-refractivity contribution in [2.75, 3.05) is 0 Å². The minimum atomic E-state index is -1.19. The quantitative estimate of drug-likeness (QED) is 0.648. The predicted molar refractivity (Wildman–Crippen MR) is 69.1 cm³/mol. The first-order valence-electron chi connectivity index (χ1n) is 5.78. The number of nitrogens with zero attached hydrogens (tertiary/aromatic N) is 2. The van der Waals surface area contributed by atoms with Gasteiger partial charge >= 0.3 is 5.97 Å². The highest BCUT2D eigenvalue weighted by atomic mass is 19.1. The van der Waals surface area contributed by atoms with Gasteiger partial charge in [0.2, 0.25) is 0 Å². The van der Waals surface area contributed by atoms with Gasteiger partial charge in [-0.1, -0.05) is 0 Å². The Labute approximate surface area is 116 Å². The molecule has 1 aromatic heterocycles. The number of aromatic amines is 1. The fraction of sp³-hybridized carbons (Fsp3) is 0.167. The molecule has 2 N–H and O–H groups in total. The van der Waals surface area contributed by atoms with Gasteiger partial charge in [0.15, 0.2) is 5.82 Å². The number of nitro benzene ring substituents is 1. The highest BCUT2D eigenvalue weighted by Crippen LogP contribution is 2.19. The average molecular weight is 295 g/mol. The lowest BCUT2D eigenvalue weighted by molar-refractivity contribution is -0.385. The van der Waals surface area contributed by atoms with Crippen LogP contribution in [-0.4, -0.2) is 25.8 Å². The summed E-state index contributed by atoms with van der Waals surface area (Å²) >= 11 is 0. The fourth-order valence-corrected chi connectivity index (χ4v) is 1.90. The molecule has 1 aromatic carbocycles. The topological polar surface area (TPSA) is 118 Å². The number of benzene rings is 1. The van der Waals surface area contributed by atoms with E-state index in [0.29, 0.717) is 11.8 Å². The van der Waals surface area contributed by atoms with Crippen molar-refractivity contribution in [3.8, 4) is 5.69 Å². The number of hydrogen-bond acceptors (Lipinski definition) is 4. The number of aryl methyl sites for hydroxylation is 1. The van der Waals surface area contributed by atoms with Gasteiger partial charge in [-0.05, 0) is 13.0 Å². The van der Waals surface area contributed by atoms with Crippen molar-refractivity contribution in [1.29, 1.82) is 0 Å². The first-order valence-corrected chi connectivity index (χ1v) is 5.78. The van der Waals surface area contributed by atoms with E-state index in [9.17, 15) is 24.1 Å². The second-order valence-corrected chi connectivity index (χ2v) is 4.32. The largest absolute Gasteiger partial charge is 0.481 e. The maximum absolute atomic E-state index is 13.9. The highest BCUT2D eigenvalue weighted by Gasteiger charge is 2.18. The number of carbonyl (C=O) groups is 1. The van der Waals surface area contributed by atoms with Crippen molar-refractivity contribution in [3.05, 3.63) is 55.7 Å². The smallest absolute Gasteiger partial charge is 0.308 e. The molecule has 0 bridgehead atoms. The monoisotopic (exact) mass is 295 g/mol. The van der Waals surface area contributed by atoms with E-state index in [2.05, 4.69) is 5.10 Å². The van der Waals surface area contributed by atoms with E-state index in [0.717, 1.165) is 16.8 Å². The Kier molecular flexibility index (Phi) is 3.57. The van der Waals surface area contributed by atoms with Crippen molar-refractivity contribution < 1.29 is 19.2 Å². The molecule has 0 aliphatic heterocycles. The molecule has 0 saturated carbocycles. The molecule has 1 heterocycles. The minimum absolute atomic E-state index is 0.000234. The van der Waals surface area contributed by atoms with Crippen LogP contribution in [-0.2, 0) is 11.2 Å². The average Bonchev–Trinajstić information content (AvgIpc) is 2.66. The standard InChI is InChI=1S/C12H10FN3O5/c1-6-8(5-11(17)18)12(19)15(14-6)10-3-2-7(16(20)21)4-9(10)13/h2-4,14H,5H2,1H3,(H,17,18). The zero-order chi connectivity index (χ0) is 15.7. The van der Waals surface area contributed by atoms with E-state index < -0.39 is 34.4 Å². The Bertz CT molecular complexity index is 793. The van der Waals surface area contributed by atoms with Crippen molar-refractivity contribution in [2.24, 2.45) is 0 Å². The van der Waals surface area contributed by atoms with Gasteiger partial charge in [-0.25, -0.2) is 9.07 Å². The molecule has 0 radical (unpaired) electrons. The summed E-state index contributed by atoms with van der Waals surface area (Å²) < 4.78 is 14.7. The third-order valence-electron chi connectivity index (χ3n) is 2.90. The van der Waals surface area contributed by atoms with Gasteiger partial charge in [0.05, 0.1) is 23.0 Å². The van der Waals surface area contributed by atoms with E-state index in [4.69, 9.17) is 5.11 Å². The summed E-state index contributed by atoms with van der Waals surface area (Å²) in [5.74, 6) is -2.15. The molecule has 2 aromatic rings. The molecule has 0 spiro atoms. The SMILES string of the molecule is Cc1[nH]n(-c2ccc([N+](=O)[O-])cc2F)c(=O)c1CC(=O)O. The third kappa shape index (κ3) is 2.66. The molecule has 0 fully saturated rings. The molecular formula is C12H10FN3O5. The number of aliphatic carboxylic acids is 1. The number of hydrogen-bond donors (Lipinski definition) is 2. The number of rotatable bonds is 4. The molecule has 0 atom stereocenters. The molecule has 110 valence electrons. The summed E-state index contributed by atoms with van der Waals surface area (Å²) in [6.45, 7) is 1.49.